The second kappa shape index (κ2) is 10.4. The highest BCUT2D eigenvalue weighted by Crippen LogP contribution is 2.43. The van der Waals surface area contributed by atoms with Gasteiger partial charge in [0.25, 0.3) is 0 Å². The number of para-hydroxylation sites is 3. The topological polar surface area (TPSA) is 35.6 Å². The summed E-state index contributed by atoms with van der Waals surface area (Å²) >= 11 is 0. The van der Waals surface area contributed by atoms with Gasteiger partial charge in [-0.05, 0) is 70.1 Å². The molecule has 0 fully saturated rings. The van der Waals surface area contributed by atoms with Gasteiger partial charge >= 0.3 is 0 Å². The lowest BCUT2D eigenvalue weighted by Crippen LogP contribution is -2.04. The smallest absolute Gasteiger partial charge is 0.165 e. The molecule has 8 aromatic carbocycles. The van der Waals surface area contributed by atoms with Crippen molar-refractivity contribution in [2.45, 2.75) is 0 Å². The van der Waals surface area contributed by atoms with E-state index in [0.29, 0.717) is 0 Å². The number of nitrogens with zero attached hydrogens (tertiary/aromatic N) is 4. The fraction of sp³-hybridized carbons (Fsp3) is 0. The van der Waals surface area contributed by atoms with Crippen molar-refractivity contribution in [1.82, 2.24) is 19.1 Å². The van der Waals surface area contributed by atoms with Gasteiger partial charge in [0.1, 0.15) is 5.69 Å². The molecule has 0 saturated carbocycles. The van der Waals surface area contributed by atoms with Gasteiger partial charge in [-0.15, -0.1) is 0 Å². The van der Waals surface area contributed by atoms with Crippen LogP contribution in [0.2, 0.25) is 0 Å². The molecular formula is C46H28N4. The SMILES string of the molecule is c1ccc(-c2nc3ccccc3nc2-n2c3cc4c(cc3c3c5ccccc5ccc32)c2ccccc2n4-c2ccc3ccccc3c2)cc1. The van der Waals surface area contributed by atoms with Gasteiger partial charge in [-0.25, -0.2) is 9.97 Å². The molecule has 4 nitrogen and oxygen atoms in total. The van der Waals surface area contributed by atoms with E-state index in [9.17, 15) is 0 Å². The first kappa shape index (κ1) is 27.2. The first-order valence-electron chi connectivity index (χ1n) is 17.0. The van der Waals surface area contributed by atoms with Gasteiger partial charge in [0.05, 0.1) is 33.1 Å². The van der Waals surface area contributed by atoms with Crippen molar-refractivity contribution in [3.8, 4) is 22.8 Å². The van der Waals surface area contributed by atoms with E-state index in [0.717, 1.165) is 50.3 Å². The van der Waals surface area contributed by atoms with E-state index in [-0.39, 0.29) is 0 Å². The molecule has 0 unspecified atom stereocenters. The number of hydrogen-bond donors (Lipinski definition) is 0. The van der Waals surface area contributed by atoms with Crippen LogP contribution in [0.4, 0.5) is 0 Å². The molecule has 0 aliphatic carbocycles. The number of hydrogen-bond acceptors (Lipinski definition) is 2. The molecular weight excluding hydrogens is 609 g/mol. The number of rotatable bonds is 3. The highest BCUT2D eigenvalue weighted by molar-refractivity contribution is 6.25. The molecule has 4 heteroatoms. The first-order chi connectivity index (χ1) is 24.8. The zero-order chi connectivity index (χ0) is 32.8. The quantitative estimate of drug-likeness (QED) is 0.193. The highest BCUT2D eigenvalue weighted by Gasteiger charge is 2.23. The first-order valence-corrected chi connectivity index (χ1v) is 17.0. The van der Waals surface area contributed by atoms with Crippen LogP contribution in [0.25, 0.3) is 99.0 Å². The van der Waals surface area contributed by atoms with E-state index in [2.05, 4.69) is 155 Å². The zero-order valence-corrected chi connectivity index (χ0v) is 27.0. The average Bonchev–Trinajstić information content (AvgIpc) is 3.68. The predicted molar refractivity (Wildman–Crippen MR) is 209 cm³/mol. The number of aromatic nitrogens is 4. The maximum atomic E-state index is 5.41. The Morgan fingerprint density at radius 2 is 1.02 bits per heavy atom. The molecule has 0 radical (unpaired) electrons. The maximum Gasteiger partial charge on any atom is 0.165 e. The molecule has 0 amide bonds. The Hall–Kier alpha value is -6.78. The van der Waals surface area contributed by atoms with Crippen LogP contribution in [0.1, 0.15) is 0 Å². The van der Waals surface area contributed by atoms with Crippen molar-refractivity contribution < 1.29 is 0 Å². The van der Waals surface area contributed by atoms with Gasteiger partial charge < -0.3 is 4.57 Å². The molecule has 0 bridgehead atoms. The standard InChI is InChI=1S/C46H28N4/c1-2-14-31(15-3-1)45-46(48-39-20-10-9-19-38(39)47-45)50-41-25-23-30-13-6-7-17-34(30)44(41)37-27-36-35-18-8-11-21-40(35)49(42(36)28-43(37)50)33-24-22-29-12-4-5-16-32(29)26-33/h1-28H. The van der Waals surface area contributed by atoms with E-state index in [1.165, 1.54) is 48.6 Å². The molecule has 11 aromatic rings. The Balaban J connectivity index is 1.34. The average molecular weight is 637 g/mol. The van der Waals surface area contributed by atoms with E-state index in [4.69, 9.17) is 9.97 Å². The molecule has 0 atom stereocenters. The van der Waals surface area contributed by atoms with Crippen LogP contribution in [-0.4, -0.2) is 19.1 Å². The Bertz CT molecular complexity index is 3150. The van der Waals surface area contributed by atoms with Gasteiger partial charge in [-0.3, -0.25) is 4.57 Å². The van der Waals surface area contributed by atoms with Crippen LogP contribution in [0, 0.1) is 0 Å². The third kappa shape index (κ3) is 3.87. The Kier molecular flexibility index (Phi) is 5.63. The van der Waals surface area contributed by atoms with Crippen molar-refractivity contribution in [2.75, 3.05) is 0 Å². The van der Waals surface area contributed by atoms with Crippen LogP contribution in [0.5, 0.6) is 0 Å². The van der Waals surface area contributed by atoms with Crippen molar-refractivity contribution in [3.05, 3.63) is 170 Å². The minimum Gasteiger partial charge on any atom is -0.309 e. The Morgan fingerprint density at radius 3 is 1.88 bits per heavy atom. The summed E-state index contributed by atoms with van der Waals surface area (Å²) < 4.78 is 4.77. The lowest BCUT2D eigenvalue weighted by atomic mass is 10.0. The second-order valence-electron chi connectivity index (χ2n) is 13.0. The van der Waals surface area contributed by atoms with Crippen LogP contribution in [-0.2, 0) is 0 Å². The third-order valence-corrected chi connectivity index (χ3v) is 10.3. The summed E-state index contributed by atoms with van der Waals surface area (Å²) in [6.07, 6.45) is 0. The third-order valence-electron chi connectivity index (χ3n) is 10.3. The van der Waals surface area contributed by atoms with Gasteiger partial charge in [0.2, 0.25) is 0 Å². The summed E-state index contributed by atoms with van der Waals surface area (Å²) in [5, 5.41) is 9.75. The van der Waals surface area contributed by atoms with E-state index < -0.39 is 0 Å². The lowest BCUT2D eigenvalue weighted by Gasteiger charge is -2.14. The summed E-state index contributed by atoms with van der Waals surface area (Å²) in [4.78, 5) is 10.7. The summed E-state index contributed by atoms with van der Waals surface area (Å²) in [7, 11) is 0. The summed E-state index contributed by atoms with van der Waals surface area (Å²) in [6.45, 7) is 0. The van der Waals surface area contributed by atoms with Crippen molar-refractivity contribution in [1.29, 1.82) is 0 Å². The molecule has 3 heterocycles. The van der Waals surface area contributed by atoms with Crippen LogP contribution in [0.15, 0.2) is 170 Å². The van der Waals surface area contributed by atoms with Crippen LogP contribution >= 0.6 is 0 Å². The fourth-order valence-corrected chi connectivity index (χ4v) is 8.01. The molecule has 50 heavy (non-hydrogen) atoms. The summed E-state index contributed by atoms with van der Waals surface area (Å²) in [5.74, 6) is 0.817. The maximum absolute atomic E-state index is 5.41. The fourth-order valence-electron chi connectivity index (χ4n) is 8.01. The van der Waals surface area contributed by atoms with Gasteiger partial charge in [-0.1, -0.05) is 121 Å². The van der Waals surface area contributed by atoms with E-state index in [1.807, 2.05) is 24.3 Å². The second-order valence-corrected chi connectivity index (χ2v) is 13.0. The molecule has 0 aliphatic heterocycles. The molecule has 232 valence electrons. The molecule has 3 aromatic heterocycles. The van der Waals surface area contributed by atoms with Crippen LogP contribution < -0.4 is 0 Å². The van der Waals surface area contributed by atoms with Gasteiger partial charge in [0, 0.05) is 32.8 Å². The number of benzene rings is 8. The molecule has 0 N–H and O–H groups in total. The van der Waals surface area contributed by atoms with E-state index >= 15 is 0 Å². The minimum absolute atomic E-state index is 0.817. The van der Waals surface area contributed by atoms with Crippen molar-refractivity contribution >= 4 is 76.2 Å². The zero-order valence-electron chi connectivity index (χ0n) is 27.0. The van der Waals surface area contributed by atoms with Gasteiger partial charge in [0.15, 0.2) is 5.82 Å². The lowest BCUT2D eigenvalue weighted by molar-refractivity contribution is 1.08. The summed E-state index contributed by atoms with van der Waals surface area (Å²) in [6, 6.07) is 60.7. The molecule has 11 rings (SSSR count). The Morgan fingerprint density at radius 1 is 0.360 bits per heavy atom. The van der Waals surface area contributed by atoms with E-state index in [1.54, 1.807) is 0 Å². The number of fused-ring (bicyclic) bond motifs is 10. The summed E-state index contributed by atoms with van der Waals surface area (Å²) in [5.41, 5.74) is 9.29. The van der Waals surface area contributed by atoms with Crippen LogP contribution in [0.3, 0.4) is 0 Å². The largest absolute Gasteiger partial charge is 0.309 e. The Labute approximate surface area is 287 Å². The predicted octanol–water partition coefficient (Wildman–Crippen LogP) is 11.8. The molecule has 0 saturated heterocycles. The molecule has 0 aliphatic rings. The monoisotopic (exact) mass is 636 g/mol. The van der Waals surface area contributed by atoms with Crippen molar-refractivity contribution in [2.24, 2.45) is 0 Å². The van der Waals surface area contributed by atoms with Gasteiger partial charge in [-0.2, -0.15) is 0 Å². The molecule has 0 spiro atoms. The normalized spacial score (nSPS) is 12.0. The van der Waals surface area contributed by atoms with Crippen molar-refractivity contribution in [3.63, 3.8) is 0 Å². The highest BCUT2D eigenvalue weighted by atomic mass is 15.1. The minimum atomic E-state index is 0.817.